The maximum Gasteiger partial charge on any atom is 0.116 e. The predicted molar refractivity (Wildman–Crippen MR) is 49.8 cm³/mol. The Morgan fingerprint density at radius 2 is 1.85 bits per heavy atom. The van der Waals surface area contributed by atoms with Crippen LogP contribution in [0.4, 0.5) is 0 Å². The van der Waals surface area contributed by atoms with Gasteiger partial charge in [-0.1, -0.05) is 12.1 Å². The smallest absolute Gasteiger partial charge is 0.116 e. The predicted octanol–water partition coefficient (Wildman–Crippen LogP) is -1.40. The summed E-state index contributed by atoms with van der Waals surface area (Å²) in [4.78, 5) is 0. The summed E-state index contributed by atoms with van der Waals surface area (Å²) >= 11 is 0. The molecule has 0 radical (unpaired) electrons. The van der Waals surface area contributed by atoms with Gasteiger partial charge in [-0.2, -0.15) is 0 Å². The maximum absolute atomic E-state index is 9.20. The zero-order valence-electron chi connectivity index (χ0n) is 8.29. The first kappa shape index (κ1) is 12.7. The minimum absolute atomic E-state index is 0. The fraction of sp³-hybridized carbons (Fsp3) is 0.400. The molecule has 0 aliphatic heterocycles. The normalized spacial score (nSPS) is 10.7. The Bertz CT molecular complexity index is 268. The SMILES string of the molecule is C[N+](C)(C)Cc1cccc(O)c1.[I-]. The molecule has 3 heteroatoms. The molecule has 0 saturated heterocycles. The van der Waals surface area contributed by atoms with Crippen LogP contribution in [0.25, 0.3) is 0 Å². The highest BCUT2D eigenvalue weighted by Gasteiger charge is 2.07. The first-order valence-electron chi connectivity index (χ1n) is 4.06. The molecule has 0 aliphatic rings. The van der Waals surface area contributed by atoms with Crippen LogP contribution in [-0.4, -0.2) is 30.7 Å². The molecule has 0 amide bonds. The third-order valence-electron chi connectivity index (χ3n) is 1.57. The van der Waals surface area contributed by atoms with Crippen LogP contribution in [0.15, 0.2) is 24.3 Å². The van der Waals surface area contributed by atoms with Crippen LogP contribution in [0.3, 0.4) is 0 Å². The fourth-order valence-corrected chi connectivity index (χ4v) is 1.20. The Balaban J connectivity index is 0.00000144. The van der Waals surface area contributed by atoms with Crippen molar-refractivity contribution >= 4 is 0 Å². The minimum Gasteiger partial charge on any atom is -1.00 e. The van der Waals surface area contributed by atoms with E-state index >= 15 is 0 Å². The molecule has 13 heavy (non-hydrogen) atoms. The molecular formula is C10H16INO. The lowest BCUT2D eigenvalue weighted by molar-refractivity contribution is -0.884. The van der Waals surface area contributed by atoms with Crippen molar-refractivity contribution in [2.75, 3.05) is 21.1 Å². The molecule has 0 heterocycles. The van der Waals surface area contributed by atoms with Crippen LogP contribution >= 0.6 is 0 Å². The van der Waals surface area contributed by atoms with E-state index in [0.717, 1.165) is 11.0 Å². The first-order chi connectivity index (χ1) is 5.47. The van der Waals surface area contributed by atoms with Crippen LogP contribution in [-0.2, 0) is 6.54 Å². The van der Waals surface area contributed by atoms with E-state index in [1.54, 1.807) is 6.07 Å². The second-order valence-corrected chi connectivity index (χ2v) is 4.12. The number of halogens is 1. The molecule has 0 spiro atoms. The molecule has 0 atom stereocenters. The topological polar surface area (TPSA) is 20.2 Å². The summed E-state index contributed by atoms with van der Waals surface area (Å²) in [6.07, 6.45) is 0. The first-order valence-corrected chi connectivity index (χ1v) is 4.06. The molecule has 74 valence electrons. The van der Waals surface area contributed by atoms with Crippen molar-refractivity contribution in [3.05, 3.63) is 29.8 Å². The lowest BCUT2D eigenvalue weighted by atomic mass is 10.2. The second-order valence-electron chi connectivity index (χ2n) is 4.12. The van der Waals surface area contributed by atoms with Gasteiger partial charge in [0.1, 0.15) is 12.3 Å². The van der Waals surface area contributed by atoms with Crippen molar-refractivity contribution in [3.63, 3.8) is 0 Å². The Labute approximate surface area is 96.8 Å². The van der Waals surface area contributed by atoms with E-state index in [1.165, 1.54) is 5.56 Å². The van der Waals surface area contributed by atoms with Crippen LogP contribution in [0.1, 0.15) is 5.56 Å². The van der Waals surface area contributed by atoms with E-state index < -0.39 is 0 Å². The van der Waals surface area contributed by atoms with Crippen LogP contribution in [0, 0.1) is 0 Å². The van der Waals surface area contributed by atoms with Crippen molar-refractivity contribution in [1.82, 2.24) is 0 Å². The molecule has 0 fully saturated rings. The van der Waals surface area contributed by atoms with Gasteiger partial charge in [-0.25, -0.2) is 0 Å². The molecule has 1 aromatic rings. The van der Waals surface area contributed by atoms with Gasteiger partial charge in [0.25, 0.3) is 0 Å². The average Bonchev–Trinajstić information content (AvgIpc) is 1.82. The number of hydrogen-bond acceptors (Lipinski definition) is 1. The van der Waals surface area contributed by atoms with E-state index in [1.807, 2.05) is 18.2 Å². The van der Waals surface area contributed by atoms with Crippen molar-refractivity contribution in [1.29, 1.82) is 0 Å². The highest BCUT2D eigenvalue weighted by Crippen LogP contribution is 2.13. The quantitative estimate of drug-likeness (QED) is 0.525. The average molecular weight is 293 g/mol. The number of aromatic hydroxyl groups is 1. The zero-order valence-corrected chi connectivity index (χ0v) is 10.4. The summed E-state index contributed by atoms with van der Waals surface area (Å²) < 4.78 is 0.878. The van der Waals surface area contributed by atoms with Crippen molar-refractivity contribution < 1.29 is 33.6 Å². The van der Waals surface area contributed by atoms with Crippen molar-refractivity contribution in [2.45, 2.75) is 6.54 Å². The number of quaternary nitrogens is 1. The summed E-state index contributed by atoms with van der Waals surface area (Å²) in [7, 11) is 6.39. The van der Waals surface area contributed by atoms with E-state index in [4.69, 9.17) is 0 Å². The summed E-state index contributed by atoms with van der Waals surface area (Å²) in [5.74, 6) is 0.348. The molecule has 2 nitrogen and oxygen atoms in total. The Morgan fingerprint density at radius 1 is 1.23 bits per heavy atom. The number of phenols is 1. The van der Waals surface area contributed by atoms with Crippen molar-refractivity contribution in [3.8, 4) is 5.75 Å². The van der Waals surface area contributed by atoms with Gasteiger partial charge in [0.15, 0.2) is 0 Å². The molecule has 0 bridgehead atoms. The fourth-order valence-electron chi connectivity index (χ4n) is 1.20. The van der Waals surface area contributed by atoms with E-state index in [-0.39, 0.29) is 24.0 Å². The number of rotatable bonds is 2. The minimum atomic E-state index is 0. The number of nitrogens with zero attached hydrogens (tertiary/aromatic N) is 1. The standard InChI is InChI=1S/C10H15NO.HI/c1-11(2,3)8-9-5-4-6-10(12)7-9;/h4-7H,8H2,1-3H3;1H. The van der Waals surface area contributed by atoms with E-state index in [2.05, 4.69) is 21.1 Å². The van der Waals surface area contributed by atoms with Crippen LogP contribution in [0.5, 0.6) is 5.75 Å². The highest BCUT2D eigenvalue weighted by atomic mass is 127. The molecular weight excluding hydrogens is 277 g/mol. The van der Waals surface area contributed by atoms with Crippen LogP contribution in [0.2, 0.25) is 0 Å². The van der Waals surface area contributed by atoms with Gasteiger partial charge >= 0.3 is 0 Å². The molecule has 0 unspecified atom stereocenters. The molecule has 1 aromatic carbocycles. The second kappa shape index (κ2) is 4.81. The number of benzene rings is 1. The number of hydrogen-bond donors (Lipinski definition) is 1. The van der Waals surface area contributed by atoms with Gasteiger partial charge in [-0.05, 0) is 12.1 Å². The van der Waals surface area contributed by atoms with Crippen LogP contribution < -0.4 is 24.0 Å². The number of phenolic OH excluding ortho intramolecular Hbond substituents is 1. The monoisotopic (exact) mass is 293 g/mol. The van der Waals surface area contributed by atoms with Crippen molar-refractivity contribution in [2.24, 2.45) is 0 Å². The van der Waals surface area contributed by atoms with Gasteiger partial charge in [0, 0.05) is 5.56 Å². The summed E-state index contributed by atoms with van der Waals surface area (Å²) in [6.45, 7) is 0.939. The molecule has 0 aliphatic carbocycles. The summed E-state index contributed by atoms with van der Waals surface area (Å²) in [6, 6.07) is 7.41. The Hall–Kier alpha value is -0.290. The van der Waals surface area contributed by atoms with Gasteiger partial charge in [-0.3, -0.25) is 0 Å². The van der Waals surface area contributed by atoms with Gasteiger partial charge in [-0.15, -0.1) is 0 Å². The van der Waals surface area contributed by atoms with E-state index in [9.17, 15) is 5.11 Å². The highest BCUT2D eigenvalue weighted by molar-refractivity contribution is 5.26. The Kier molecular flexibility index (Phi) is 4.70. The maximum atomic E-state index is 9.20. The van der Waals surface area contributed by atoms with Gasteiger partial charge in [0.2, 0.25) is 0 Å². The molecule has 0 saturated carbocycles. The molecule has 1 N–H and O–H groups in total. The Morgan fingerprint density at radius 3 is 2.31 bits per heavy atom. The lowest BCUT2D eigenvalue weighted by Gasteiger charge is -2.23. The third kappa shape index (κ3) is 5.10. The third-order valence-corrected chi connectivity index (χ3v) is 1.57. The molecule has 0 aromatic heterocycles. The lowest BCUT2D eigenvalue weighted by Crippen LogP contribution is -3.00. The summed E-state index contributed by atoms with van der Waals surface area (Å²) in [5.41, 5.74) is 1.17. The zero-order chi connectivity index (χ0) is 9.19. The van der Waals surface area contributed by atoms with Gasteiger partial charge in [0.05, 0.1) is 21.1 Å². The largest absolute Gasteiger partial charge is 1.00 e. The molecule has 1 rings (SSSR count). The summed E-state index contributed by atoms with van der Waals surface area (Å²) in [5, 5.41) is 9.20. The van der Waals surface area contributed by atoms with E-state index in [0.29, 0.717) is 5.75 Å². The van der Waals surface area contributed by atoms with Gasteiger partial charge < -0.3 is 33.6 Å².